The zero-order valence-corrected chi connectivity index (χ0v) is 9.31. The van der Waals surface area contributed by atoms with Gasteiger partial charge < -0.3 is 5.32 Å². The van der Waals surface area contributed by atoms with Crippen molar-refractivity contribution in [3.8, 4) is 0 Å². The first-order chi connectivity index (χ1) is 6.86. The van der Waals surface area contributed by atoms with Crippen LogP contribution >= 0.6 is 11.3 Å². The molecule has 2 nitrogen and oxygen atoms in total. The van der Waals surface area contributed by atoms with Crippen LogP contribution in [0.1, 0.15) is 23.4 Å². The second-order valence-electron chi connectivity index (χ2n) is 3.70. The minimum Gasteiger partial charge on any atom is -0.313 e. The molecule has 0 spiro atoms. The molecule has 0 aromatic carbocycles. The Hall–Kier alpha value is -0.670. The molecular formula is C11H16N2S. The van der Waals surface area contributed by atoms with Crippen LogP contribution in [0.2, 0.25) is 0 Å². The molecule has 1 N–H and O–H groups in total. The third-order valence-corrected chi connectivity index (χ3v) is 3.63. The summed E-state index contributed by atoms with van der Waals surface area (Å²) in [6.07, 6.45) is 8.03. The second-order valence-corrected chi connectivity index (χ2v) is 4.64. The molecule has 1 aliphatic carbocycles. The van der Waals surface area contributed by atoms with Crippen molar-refractivity contribution in [1.29, 1.82) is 0 Å². The molecule has 2 rings (SSSR count). The van der Waals surface area contributed by atoms with Crippen molar-refractivity contribution in [2.24, 2.45) is 0 Å². The Morgan fingerprint density at radius 2 is 2.29 bits per heavy atom. The van der Waals surface area contributed by atoms with Gasteiger partial charge in [0.2, 0.25) is 0 Å². The highest BCUT2D eigenvalue weighted by molar-refractivity contribution is 7.09. The summed E-state index contributed by atoms with van der Waals surface area (Å²) in [5, 5.41) is 3.56. The van der Waals surface area contributed by atoms with Gasteiger partial charge in [-0.3, -0.25) is 0 Å². The number of aryl methyl sites for hydroxylation is 1. The molecule has 0 atom stereocenters. The molecule has 0 radical (unpaired) electrons. The Labute approximate surface area is 89.1 Å². The standard InChI is InChI=1S/C11H16N2S/c1-9-11(14-8-13-9)6-7-12-10-4-2-3-5-10/h2-3,8,10,12H,4-7H2,1H3. The van der Waals surface area contributed by atoms with Gasteiger partial charge in [0.1, 0.15) is 0 Å². The molecule has 0 fully saturated rings. The lowest BCUT2D eigenvalue weighted by atomic mass is 10.2. The summed E-state index contributed by atoms with van der Waals surface area (Å²) in [5.74, 6) is 0. The maximum absolute atomic E-state index is 4.25. The largest absolute Gasteiger partial charge is 0.313 e. The number of hydrogen-bond acceptors (Lipinski definition) is 3. The Kier molecular flexibility index (Phi) is 3.32. The van der Waals surface area contributed by atoms with E-state index >= 15 is 0 Å². The Morgan fingerprint density at radius 1 is 1.50 bits per heavy atom. The van der Waals surface area contributed by atoms with Crippen LogP contribution in [0.15, 0.2) is 17.7 Å². The van der Waals surface area contributed by atoms with E-state index in [4.69, 9.17) is 0 Å². The molecule has 76 valence electrons. The number of hydrogen-bond donors (Lipinski definition) is 1. The average molecular weight is 208 g/mol. The maximum Gasteiger partial charge on any atom is 0.0797 e. The van der Waals surface area contributed by atoms with Gasteiger partial charge in [-0.05, 0) is 26.2 Å². The van der Waals surface area contributed by atoms with Gasteiger partial charge in [0.05, 0.1) is 11.2 Å². The van der Waals surface area contributed by atoms with Crippen LogP contribution in [-0.2, 0) is 6.42 Å². The van der Waals surface area contributed by atoms with E-state index in [1.165, 1.54) is 23.4 Å². The number of rotatable bonds is 4. The Morgan fingerprint density at radius 3 is 2.93 bits per heavy atom. The van der Waals surface area contributed by atoms with E-state index in [2.05, 4.69) is 29.4 Å². The van der Waals surface area contributed by atoms with Gasteiger partial charge in [-0.15, -0.1) is 11.3 Å². The first-order valence-corrected chi connectivity index (χ1v) is 6.01. The van der Waals surface area contributed by atoms with Crippen LogP contribution < -0.4 is 5.32 Å². The molecule has 1 aromatic heterocycles. The fourth-order valence-corrected chi connectivity index (χ4v) is 2.52. The van der Waals surface area contributed by atoms with Crippen LogP contribution in [0.25, 0.3) is 0 Å². The summed E-state index contributed by atoms with van der Waals surface area (Å²) in [5.41, 5.74) is 3.13. The molecule has 0 amide bonds. The van der Waals surface area contributed by atoms with E-state index in [-0.39, 0.29) is 0 Å². The van der Waals surface area contributed by atoms with Crippen LogP contribution in [0, 0.1) is 6.92 Å². The summed E-state index contributed by atoms with van der Waals surface area (Å²) in [7, 11) is 0. The molecule has 0 unspecified atom stereocenters. The van der Waals surface area contributed by atoms with Crippen molar-refractivity contribution in [1.82, 2.24) is 10.3 Å². The molecule has 0 bridgehead atoms. The summed E-state index contributed by atoms with van der Waals surface area (Å²) in [4.78, 5) is 5.67. The van der Waals surface area contributed by atoms with E-state index in [1.807, 2.05) is 5.51 Å². The average Bonchev–Trinajstić information content (AvgIpc) is 2.78. The van der Waals surface area contributed by atoms with Crippen LogP contribution in [0.4, 0.5) is 0 Å². The van der Waals surface area contributed by atoms with Gasteiger partial charge in [-0.1, -0.05) is 12.2 Å². The van der Waals surface area contributed by atoms with Crippen LogP contribution in [0.3, 0.4) is 0 Å². The van der Waals surface area contributed by atoms with E-state index < -0.39 is 0 Å². The van der Waals surface area contributed by atoms with Crippen LogP contribution in [-0.4, -0.2) is 17.6 Å². The summed E-state index contributed by atoms with van der Waals surface area (Å²) in [6, 6.07) is 0.684. The quantitative estimate of drug-likeness (QED) is 0.768. The van der Waals surface area contributed by atoms with Gasteiger partial charge in [-0.25, -0.2) is 4.98 Å². The van der Waals surface area contributed by atoms with E-state index in [9.17, 15) is 0 Å². The smallest absolute Gasteiger partial charge is 0.0797 e. The first kappa shape index (κ1) is 9.87. The van der Waals surface area contributed by atoms with Gasteiger partial charge in [0.15, 0.2) is 0 Å². The van der Waals surface area contributed by atoms with Gasteiger partial charge >= 0.3 is 0 Å². The minimum absolute atomic E-state index is 0.684. The molecule has 3 heteroatoms. The molecule has 14 heavy (non-hydrogen) atoms. The van der Waals surface area contributed by atoms with E-state index in [0.717, 1.165) is 13.0 Å². The highest BCUT2D eigenvalue weighted by atomic mass is 32.1. The molecule has 1 aliphatic rings. The normalized spacial score (nSPS) is 16.6. The first-order valence-electron chi connectivity index (χ1n) is 5.13. The van der Waals surface area contributed by atoms with Gasteiger partial charge in [-0.2, -0.15) is 0 Å². The number of nitrogens with zero attached hydrogens (tertiary/aromatic N) is 1. The van der Waals surface area contributed by atoms with Crippen molar-refractivity contribution < 1.29 is 0 Å². The third kappa shape index (κ3) is 2.42. The fraction of sp³-hybridized carbons (Fsp3) is 0.545. The van der Waals surface area contributed by atoms with Gasteiger partial charge in [0.25, 0.3) is 0 Å². The predicted molar refractivity (Wildman–Crippen MR) is 60.7 cm³/mol. The molecule has 1 heterocycles. The van der Waals surface area contributed by atoms with Crippen molar-refractivity contribution in [2.75, 3.05) is 6.54 Å². The lowest BCUT2D eigenvalue weighted by Crippen LogP contribution is -2.28. The Bertz CT molecular complexity index is 309. The highest BCUT2D eigenvalue weighted by Crippen LogP contribution is 2.13. The number of thiazole rings is 1. The summed E-state index contributed by atoms with van der Waals surface area (Å²) >= 11 is 1.77. The predicted octanol–water partition coefficient (Wildman–Crippen LogP) is 2.30. The van der Waals surface area contributed by atoms with Crippen molar-refractivity contribution in [2.45, 2.75) is 32.2 Å². The zero-order valence-electron chi connectivity index (χ0n) is 8.49. The highest BCUT2D eigenvalue weighted by Gasteiger charge is 2.09. The SMILES string of the molecule is Cc1ncsc1CCNC1CC=CC1. The molecule has 1 aromatic rings. The third-order valence-electron chi connectivity index (χ3n) is 2.64. The summed E-state index contributed by atoms with van der Waals surface area (Å²) < 4.78 is 0. The molecule has 0 aliphatic heterocycles. The lowest BCUT2D eigenvalue weighted by Gasteiger charge is -2.10. The maximum atomic E-state index is 4.25. The molecule has 0 saturated heterocycles. The minimum atomic E-state index is 0.684. The summed E-state index contributed by atoms with van der Waals surface area (Å²) in [6.45, 7) is 3.17. The van der Waals surface area contributed by atoms with E-state index in [1.54, 1.807) is 11.3 Å². The van der Waals surface area contributed by atoms with Crippen molar-refractivity contribution in [3.63, 3.8) is 0 Å². The fourth-order valence-electron chi connectivity index (χ4n) is 1.74. The second kappa shape index (κ2) is 4.71. The molecule has 0 saturated carbocycles. The lowest BCUT2D eigenvalue weighted by molar-refractivity contribution is 0.542. The monoisotopic (exact) mass is 208 g/mol. The Balaban J connectivity index is 1.70. The zero-order chi connectivity index (χ0) is 9.80. The van der Waals surface area contributed by atoms with Crippen LogP contribution in [0.5, 0.6) is 0 Å². The number of aromatic nitrogens is 1. The topological polar surface area (TPSA) is 24.9 Å². The van der Waals surface area contributed by atoms with E-state index in [0.29, 0.717) is 6.04 Å². The number of nitrogens with one attached hydrogen (secondary N) is 1. The van der Waals surface area contributed by atoms with Crippen molar-refractivity contribution in [3.05, 3.63) is 28.2 Å². The molecular weight excluding hydrogens is 192 g/mol. The van der Waals surface area contributed by atoms with Crippen molar-refractivity contribution >= 4 is 11.3 Å². The van der Waals surface area contributed by atoms with Gasteiger partial charge in [0, 0.05) is 17.5 Å².